The molecular formula is C24H22FN5O3. The molecule has 0 atom stereocenters. The first kappa shape index (κ1) is 20.9. The molecule has 0 N–H and O–H groups in total. The van der Waals surface area contributed by atoms with Crippen LogP contribution in [0.2, 0.25) is 0 Å². The molecule has 1 aliphatic heterocycles. The summed E-state index contributed by atoms with van der Waals surface area (Å²) in [7, 11) is 1.65. The fourth-order valence-electron chi connectivity index (χ4n) is 4.30. The Morgan fingerprint density at radius 1 is 1.03 bits per heavy atom. The molecule has 5 rings (SSSR count). The highest BCUT2D eigenvalue weighted by molar-refractivity contribution is 5.79. The van der Waals surface area contributed by atoms with Crippen molar-refractivity contribution in [2.75, 3.05) is 6.54 Å². The number of carbonyl (C=O) groups is 1. The zero-order chi connectivity index (χ0) is 23.1. The minimum absolute atomic E-state index is 0.0459. The lowest BCUT2D eigenvalue weighted by atomic mass is 10.00. The van der Waals surface area contributed by atoms with E-state index in [-0.39, 0.29) is 24.5 Å². The maximum atomic E-state index is 13.3. The lowest BCUT2D eigenvalue weighted by Gasteiger charge is -2.29. The lowest BCUT2D eigenvalue weighted by molar-refractivity contribution is -0.132. The van der Waals surface area contributed by atoms with Crippen LogP contribution >= 0.6 is 0 Å². The summed E-state index contributed by atoms with van der Waals surface area (Å²) in [5, 5.41) is 4.22. The van der Waals surface area contributed by atoms with Crippen molar-refractivity contribution in [3.05, 3.63) is 98.1 Å². The van der Waals surface area contributed by atoms with Crippen LogP contribution < -0.4 is 11.2 Å². The number of aromatic nitrogens is 4. The highest BCUT2D eigenvalue weighted by atomic mass is 19.1. The molecule has 4 aromatic rings. The summed E-state index contributed by atoms with van der Waals surface area (Å²) in [5.41, 5.74) is 2.19. The van der Waals surface area contributed by atoms with Crippen LogP contribution in [-0.2, 0) is 37.9 Å². The summed E-state index contributed by atoms with van der Waals surface area (Å²) in [4.78, 5) is 41.3. The van der Waals surface area contributed by atoms with E-state index in [1.54, 1.807) is 18.1 Å². The number of rotatable bonds is 4. The van der Waals surface area contributed by atoms with Crippen LogP contribution in [0.3, 0.4) is 0 Å². The second-order valence-corrected chi connectivity index (χ2v) is 8.26. The molecule has 0 saturated heterocycles. The summed E-state index contributed by atoms with van der Waals surface area (Å²) in [6, 6.07) is 13.6. The highest BCUT2D eigenvalue weighted by Crippen LogP contribution is 2.19. The molecule has 1 amide bonds. The highest BCUT2D eigenvalue weighted by Gasteiger charge is 2.23. The van der Waals surface area contributed by atoms with Crippen molar-refractivity contribution in [2.45, 2.75) is 26.1 Å². The maximum absolute atomic E-state index is 13.3. The van der Waals surface area contributed by atoms with Crippen molar-refractivity contribution in [3.8, 4) is 0 Å². The van der Waals surface area contributed by atoms with Gasteiger partial charge in [-0.1, -0.05) is 36.4 Å². The number of carbonyl (C=O) groups excluding carboxylic acids is 1. The molecule has 0 aliphatic carbocycles. The summed E-state index contributed by atoms with van der Waals surface area (Å²) in [5.74, 6) is -0.610. The fourth-order valence-corrected chi connectivity index (χ4v) is 4.30. The van der Waals surface area contributed by atoms with Crippen molar-refractivity contribution < 1.29 is 9.18 Å². The van der Waals surface area contributed by atoms with E-state index in [2.05, 4.69) is 11.2 Å². The third-order valence-electron chi connectivity index (χ3n) is 6.04. The quantitative estimate of drug-likeness (QED) is 0.477. The first-order valence-electron chi connectivity index (χ1n) is 10.7. The van der Waals surface area contributed by atoms with E-state index >= 15 is 0 Å². The van der Waals surface area contributed by atoms with E-state index in [1.165, 1.54) is 39.1 Å². The Balaban J connectivity index is 1.52. The Hall–Kier alpha value is -4.01. The van der Waals surface area contributed by atoms with E-state index in [0.29, 0.717) is 24.2 Å². The first-order valence-corrected chi connectivity index (χ1v) is 10.7. The molecule has 0 saturated carbocycles. The third-order valence-corrected chi connectivity index (χ3v) is 6.04. The van der Waals surface area contributed by atoms with Gasteiger partial charge in [0, 0.05) is 26.3 Å². The number of hydrogen-bond donors (Lipinski definition) is 0. The number of halogens is 1. The molecule has 0 bridgehead atoms. The van der Waals surface area contributed by atoms with E-state index in [0.717, 1.165) is 16.6 Å². The zero-order valence-electron chi connectivity index (χ0n) is 18.1. The topological polar surface area (TPSA) is 82.1 Å². The van der Waals surface area contributed by atoms with E-state index in [4.69, 9.17) is 0 Å². The molecule has 1 aliphatic rings. The third kappa shape index (κ3) is 3.86. The Morgan fingerprint density at radius 3 is 2.52 bits per heavy atom. The van der Waals surface area contributed by atoms with Gasteiger partial charge in [0.1, 0.15) is 12.4 Å². The van der Waals surface area contributed by atoms with Gasteiger partial charge >= 0.3 is 5.69 Å². The Bertz CT molecular complexity index is 1480. The fraction of sp³-hybridized carbons (Fsp3) is 0.250. The van der Waals surface area contributed by atoms with Gasteiger partial charge in [0.05, 0.1) is 12.1 Å². The minimum atomic E-state index is -0.601. The lowest BCUT2D eigenvalue weighted by Crippen LogP contribution is -2.44. The molecule has 0 unspecified atom stereocenters. The van der Waals surface area contributed by atoms with E-state index in [9.17, 15) is 18.8 Å². The van der Waals surface area contributed by atoms with Gasteiger partial charge < -0.3 is 4.90 Å². The van der Waals surface area contributed by atoms with Crippen LogP contribution in [-0.4, -0.2) is 36.3 Å². The zero-order valence-corrected chi connectivity index (χ0v) is 18.1. The van der Waals surface area contributed by atoms with Gasteiger partial charge in [0.2, 0.25) is 5.91 Å². The summed E-state index contributed by atoms with van der Waals surface area (Å²) >= 11 is 0. The predicted molar refractivity (Wildman–Crippen MR) is 120 cm³/mol. The molecule has 9 heteroatoms. The van der Waals surface area contributed by atoms with Gasteiger partial charge in [0.25, 0.3) is 5.56 Å². The Morgan fingerprint density at radius 2 is 1.76 bits per heavy atom. The second kappa shape index (κ2) is 8.16. The number of aryl methyl sites for hydroxylation is 1. The molecule has 3 heterocycles. The van der Waals surface area contributed by atoms with Crippen molar-refractivity contribution in [2.24, 2.45) is 7.05 Å². The molecule has 33 heavy (non-hydrogen) atoms. The Kier molecular flexibility index (Phi) is 5.16. The average Bonchev–Trinajstić information content (AvgIpc) is 3.22. The number of fused-ring (bicyclic) bond motifs is 2. The standard InChI is InChI=1S/C24H22FN5O3/c1-27-14-20-22(26-27)23(32)30(12-16-6-8-19(25)9-7-16)24(33)29(20)15-21(31)28-11-10-17-4-2-3-5-18(17)13-28/h2-9,14H,10-13,15H2,1H3. The molecule has 168 valence electrons. The van der Waals surface area contributed by atoms with Gasteiger partial charge in [-0.05, 0) is 35.2 Å². The number of nitrogens with zero attached hydrogens (tertiary/aromatic N) is 5. The number of hydrogen-bond acceptors (Lipinski definition) is 4. The van der Waals surface area contributed by atoms with Crippen LogP contribution in [0, 0.1) is 5.82 Å². The predicted octanol–water partition coefficient (Wildman–Crippen LogP) is 1.67. The molecule has 0 fully saturated rings. The molecule has 8 nitrogen and oxygen atoms in total. The normalized spacial score (nSPS) is 13.3. The molecular weight excluding hydrogens is 425 g/mol. The van der Waals surface area contributed by atoms with E-state index in [1.807, 2.05) is 18.2 Å². The minimum Gasteiger partial charge on any atom is -0.336 e. The van der Waals surface area contributed by atoms with Crippen LogP contribution in [0.25, 0.3) is 11.0 Å². The number of benzene rings is 2. The van der Waals surface area contributed by atoms with Crippen molar-refractivity contribution >= 4 is 16.9 Å². The Labute approximate surface area is 188 Å². The van der Waals surface area contributed by atoms with Gasteiger partial charge in [-0.3, -0.25) is 23.4 Å². The maximum Gasteiger partial charge on any atom is 0.332 e. The summed E-state index contributed by atoms with van der Waals surface area (Å²) in [6.07, 6.45) is 2.32. The summed E-state index contributed by atoms with van der Waals surface area (Å²) < 4.78 is 17.1. The smallest absolute Gasteiger partial charge is 0.332 e. The largest absolute Gasteiger partial charge is 0.336 e. The molecule has 2 aromatic carbocycles. The molecule has 0 radical (unpaired) electrons. The van der Waals surface area contributed by atoms with Crippen molar-refractivity contribution in [1.29, 1.82) is 0 Å². The SMILES string of the molecule is Cn1cc2c(n1)c(=O)n(Cc1ccc(F)cc1)c(=O)n2CC(=O)N1CCc2ccccc2C1. The van der Waals surface area contributed by atoms with Crippen LogP contribution in [0.4, 0.5) is 4.39 Å². The van der Waals surface area contributed by atoms with E-state index < -0.39 is 17.1 Å². The summed E-state index contributed by atoms with van der Waals surface area (Å²) in [6.45, 7) is 0.799. The average molecular weight is 447 g/mol. The monoisotopic (exact) mass is 447 g/mol. The van der Waals surface area contributed by atoms with Crippen LogP contribution in [0.15, 0.2) is 64.3 Å². The van der Waals surface area contributed by atoms with Crippen molar-refractivity contribution in [3.63, 3.8) is 0 Å². The second-order valence-electron chi connectivity index (χ2n) is 8.26. The van der Waals surface area contributed by atoms with Gasteiger partial charge in [-0.25, -0.2) is 9.18 Å². The van der Waals surface area contributed by atoms with Crippen LogP contribution in [0.5, 0.6) is 0 Å². The van der Waals surface area contributed by atoms with Crippen molar-refractivity contribution in [1.82, 2.24) is 23.8 Å². The molecule has 0 spiro atoms. The first-order chi connectivity index (χ1) is 15.9. The molecule has 2 aromatic heterocycles. The van der Waals surface area contributed by atoms with Gasteiger partial charge in [-0.2, -0.15) is 5.10 Å². The van der Waals surface area contributed by atoms with Gasteiger partial charge in [-0.15, -0.1) is 0 Å². The van der Waals surface area contributed by atoms with Gasteiger partial charge in [0.15, 0.2) is 5.52 Å². The van der Waals surface area contributed by atoms with Crippen LogP contribution in [0.1, 0.15) is 16.7 Å². The number of amides is 1.